The van der Waals surface area contributed by atoms with E-state index in [1.54, 1.807) is 19.0 Å². The van der Waals surface area contributed by atoms with Gasteiger partial charge in [0.1, 0.15) is 18.3 Å². The van der Waals surface area contributed by atoms with Crippen LogP contribution in [0.15, 0.2) is 11.1 Å². The molecular weight excluding hydrogens is 306 g/mol. The Bertz CT molecular complexity index is 757. The first kappa shape index (κ1) is 15.9. The van der Waals surface area contributed by atoms with E-state index in [2.05, 4.69) is 15.0 Å². The molecule has 0 aliphatic carbocycles. The Morgan fingerprint density at radius 2 is 2.26 bits per heavy atom. The van der Waals surface area contributed by atoms with Crippen LogP contribution in [0, 0.1) is 0 Å². The van der Waals surface area contributed by atoms with Gasteiger partial charge in [-0.3, -0.25) is 14.3 Å². The summed E-state index contributed by atoms with van der Waals surface area (Å²) in [6, 6.07) is 0. The molecule has 0 aromatic carbocycles. The molecule has 2 aromatic rings. The van der Waals surface area contributed by atoms with Crippen LogP contribution in [-0.2, 0) is 9.47 Å². The maximum Gasteiger partial charge on any atom is 0.280 e. The van der Waals surface area contributed by atoms with E-state index in [0.29, 0.717) is 11.6 Å². The highest BCUT2D eigenvalue weighted by Gasteiger charge is 2.45. The lowest BCUT2D eigenvalue weighted by atomic mass is 10.1. The van der Waals surface area contributed by atoms with Crippen molar-refractivity contribution in [3.63, 3.8) is 0 Å². The number of aliphatic hydroxyl groups is 2. The Kier molecular flexibility index (Phi) is 4.06. The third-order valence-corrected chi connectivity index (χ3v) is 3.88. The summed E-state index contributed by atoms with van der Waals surface area (Å²) in [7, 11) is 4.94. The minimum atomic E-state index is -0.997. The molecule has 126 valence electrons. The summed E-state index contributed by atoms with van der Waals surface area (Å²) in [5.41, 5.74) is 0.106. The number of anilines is 1. The first-order chi connectivity index (χ1) is 11.0. The molecule has 1 saturated heterocycles. The molecule has 0 saturated carbocycles. The van der Waals surface area contributed by atoms with Gasteiger partial charge in [-0.15, -0.1) is 0 Å². The lowest BCUT2D eigenvalue weighted by Gasteiger charge is -2.20. The molecule has 2 aromatic heterocycles. The van der Waals surface area contributed by atoms with Crippen molar-refractivity contribution in [3.05, 3.63) is 16.7 Å². The number of aromatic amines is 1. The summed E-state index contributed by atoms with van der Waals surface area (Å²) in [6.45, 7) is -0.346. The maximum absolute atomic E-state index is 12.1. The monoisotopic (exact) mass is 325 g/mol. The average molecular weight is 325 g/mol. The van der Waals surface area contributed by atoms with Gasteiger partial charge in [-0.1, -0.05) is 0 Å². The van der Waals surface area contributed by atoms with E-state index in [0.717, 1.165) is 0 Å². The highest BCUT2D eigenvalue weighted by Crippen LogP contribution is 2.32. The van der Waals surface area contributed by atoms with Crippen LogP contribution in [0.25, 0.3) is 11.2 Å². The second-order valence-corrected chi connectivity index (χ2v) is 5.55. The number of aromatic nitrogens is 4. The third-order valence-electron chi connectivity index (χ3n) is 3.88. The summed E-state index contributed by atoms with van der Waals surface area (Å²) in [4.78, 5) is 24.8. The SMILES string of the molecule is COC1C(O)[C@@H](CO)O[C@H]1n1cnc2c(=O)[nH]c(N(C)C)nc21. The van der Waals surface area contributed by atoms with Crippen LogP contribution in [0.1, 0.15) is 6.23 Å². The molecule has 4 atom stereocenters. The van der Waals surface area contributed by atoms with Crippen LogP contribution in [-0.4, -0.2) is 75.9 Å². The molecule has 1 aliphatic heterocycles. The van der Waals surface area contributed by atoms with Crippen molar-refractivity contribution >= 4 is 17.1 Å². The second-order valence-electron chi connectivity index (χ2n) is 5.55. The molecule has 1 fully saturated rings. The van der Waals surface area contributed by atoms with Crippen LogP contribution < -0.4 is 10.5 Å². The van der Waals surface area contributed by atoms with Gasteiger partial charge < -0.3 is 24.6 Å². The fourth-order valence-corrected chi connectivity index (χ4v) is 2.66. The maximum atomic E-state index is 12.1. The van der Waals surface area contributed by atoms with Crippen LogP contribution in [0.5, 0.6) is 0 Å². The van der Waals surface area contributed by atoms with Gasteiger partial charge in [0, 0.05) is 21.2 Å². The Balaban J connectivity index is 2.11. The van der Waals surface area contributed by atoms with Gasteiger partial charge in [0.05, 0.1) is 12.9 Å². The second kappa shape index (κ2) is 5.89. The number of ether oxygens (including phenoxy) is 2. The number of fused-ring (bicyclic) bond motifs is 1. The topological polar surface area (TPSA) is 126 Å². The van der Waals surface area contributed by atoms with Gasteiger partial charge in [-0.05, 0) is 0 Å². The lowest BCUT2D eigenvalue weighted by Crippen LogP contribution is -2.34. The van der Waals surface area contributed by atoms with Crippen LogP contribution >= 0.6 is 0 Å². The van der Waals surface area contributed by atoms with Crippen LogP contribution in [0.2, 0.25) is 0 Å². The Morgan fingerprint density at radius 3 is 2.87 bits per heavy atom. The zero-order chi connectivity index (χ0) is 16.7. The Hall–Kier alpha value is -2.01. The van der Waals surface area contributed by atoms with Crippen LogP contribution in [0.4, 0.5) is 5.95 Å². The molecule has 3 N–H and O–H groups in total. The average Bonchev–Trinajstić information content (AvgIpc) is 3.07. The molecule has 2 unspecified atom stereocenters. The molecule has 3 heterocycles. The number of nitrogens with zero attached hydrogens (tertiary/aromatic N) is 4. The van der Waals surface area contributed by atoms with Crippen molar-refractivity contribution in [3.8, 4) is 0 Å². The third kappa shape index (κ3) is 2.49. The summed E-state index contributed by atoms with van der Waals surface area (Å²) < 4.78 is 12.5. The van der Waals surface area contributed by atoms with Gasteiger partial charge in [-0.2, -0.15) is 4.98 Å². The Morgan fingerprint density at radius 1 is 1.52 bits per heavy atom. The van der Waals surface area contributed by atoms with Gasteiger partial charge >= 0.3 is 0 Å². The summed E-state index contributed by atoms with van der Waals surface area (Å²) >= 11 is 0. The highest BCUT2D eigenvalue weighted by molar-refractivity contribution is 5.71. The number of H-pyrrole nitrogens is 1. The molecule has 0 radical (unpaired) electrons. The number of hydrogen-bond acceptors (Lipinski definition) is 8. The van der Waals surface area contributed by atoms with Crippen molar-refractivity contribution in [1.82, 2.24) is 19.5 Å². The molecule has 1 aliphatic rings. The highest BCUT2D eigenvalue weighted by atomic mass is 16.6. The number of hydrogen-bond donors (Lipinski definition) is 3. The first-order valence-electron chi connectivity index (χ1n) is 7.09. The zero-order valence-corrected chi connectivity index (χ0v) is 13.0. The zero-order valence-electron chi connectivity index (χ0n) is 13.0. The number of methoxy groups -OCH3 is 1. The van der Waals surface area contributed by atoms with E-state index in [-0.39, 0.29) is 17.7 Å². The molecule has 10 nitrogen and oxygen atoms in total. The molecular formula is C13H19N5O5. The van der Waals surface area contributed by atoms with Gasteiger partial charge in [-0.25, -0.2) is 4.98 Å². The molecule has 0 amide bonds. The van der Waals surface area contributed by atoms with Crippen LogP contribution in [0.3, 0.4) is 0 Å². The smallest absolute Gasteiger partial charge is 0.280 e. The van der Waals surface area contributed by atoms with E-state index < -0.39 is 24.5 Å². The number of nitrogens with one attached hydrogen (secondary N) is 1. The number of aliphatic hydroxyl groups excluding tert-OH is 2. The number of rotatable bonds is 4. The van der Waals surface area contributed by atoms with Crippen molar-refractivity contribution in [2.45, 2.75) is 24.5 Å². The molecule has 0 bridgehead atoms. The largest absolute Gasteiger partial charge is 0.394 e. The van der Waals surface area contributed by atoms with E-state index in [4.69, 9.17) is 9.47 Å². The minimum absolute atomic E-state index is 0.163. The molecule has 0 spiro atoms. The Labute approximate surface area is 131 Å². The summed E-state index contributed by atoms with van der Waals surface area (Å²) in [5.74, 6) is 0.371. The van der Waals surface area contributed by atoms with E-state index in [9.17, 15) is 15.0 Å². The van der Waals surface area contributed by atoms with Gasteiger partial charge in [0.2, 0.25) is 5.95 Å². The number of imidazole rings is 1. The normalized spacial score (nSPS) is 27.7. The van der Waals surface area contributed by atoms with E-state index in [1.165, 1.54) is 18.0 Å². The molecule has 10 heteroatoms. The predicted octanol–water partition coefficient (Wildman–Crippen LogP) is -1.55. The van der Waals surface area contributed by atoms with Gasteiger partial charge in [0.15, 0.2) is 17.4 Å². The van der Waals surface area contributed by atoms with E-state index in [1.807, 2.05) is 0 Å². The van der Waals surface area contributed by atoms with Crippen molar-refractivity contribution < 1.29 is 19.7 Å². The molecule has 3 rings (SSSR count). The van der Waals surface area contributed by atoms with E-state index >= 15 is 0 Å². The minimum Gasteiger partial charge on any atom is -0.394 e. The molecule has 23 heavy (non-hydrogen) atoms. The standard InChI is InChI=1S/C13H19N5O5/c1-17(2)13-15-10-7(11(21)16-13)14-5-18(10)12-9(22-3)8(20)6(4-19)23-12/h5-6,8-9,12,19-20H,4H2,1-3H3,(H,15,16,21)/t6-,8?,9?,12-/m1/s1. The first-order valence-corrected chi connectivity index (χ1v) is 7.09. The summed E-state index contributed by atoms with van der Waals surface area (Å²) in [5, 5.41) is 19.4. The van der Waals surface area contributed by atoms with Crippen molar-refractivity contribution in [1.29, 1.82) is 0 Å². The fourth-order valence-electron chi connectivity index (χ4n) is 2.66. The summed E-state index contributed by atoms with van der Waals surface area (Å²) in [6.07, 6.45) is -1.83. The quantitative estimate of drug-likeness (QED) is 0.617. The van der Waals surface area contributed by atoms with Gasteiger partial charge in [0.25, 0.3) is 5.56 Å². The predicted molar refractivity (Wildman–Crippen MR) is 80.3 cm³/mol. The van der Waals surface area contributed by atoms with Crippen molar-refractivity contribution in [2.24, 2.45) is 0 Å². The fraction of sp³-hybridized carbons (Fsp3) is 0.615. The van der Waals surface area contributed by atoms with Crippen molar-refractivity contribution in [2.75, 3.05) is 32.7 Å². The lowest BCUT2D eigenvalue weighted by molar-refractivity contribution is -0.0583.